The van der Waals surface area contributed by atoms with E-state index in [0.29, 0.717) is 18.9 Å². The first-order valence-corrected chi connectivity index (χ1v) is 7.87. The average Bonchev–Trinajstić information content (AvgIpc) is 2.44. The molecule has 0 saturated heterocycles. The maximum atomic E-state index is 11.4. The van der Waals surface area contributed by atoms with Gasteiger partial charge in [0.2, 0.25) is 0 Å². The summed E-state index contributed by atoms with van der Waals surface area (Å²) in [6, 6.07) is 5.97. The number of halogens is 1. The zero-order chi connectivity index (χ0) is 15.8. The van der Waals surface area contributed by atoms with Crippen LogP contribution in [-0.2, 0) is 16.1 Å². The number of hydrogen-bond donors (Lipinski definition) is 0. The number of hydrogen-bond acceptors (Lipinski definition) is 4. The van der Waals surface area contributed by atoms with Gasteiger partial charge in [-0.05, 0) is 24.1 Å². The van der Waals surface area contributed by atoms with Gasteiger partial charge >= 0.3 is 5.97 Å². The minimum Gasteiger partial charge on any atom is -0.496 e. The number of carbonyl (C=O) groups is 1. The zero-order valence-corrected chi connectivity index (χ0v) is 14.8. The summed E-state index contributed by atoms with van der Waals surface area (Å²) in [5.41, 5.74) is 1.11. The molecule has 0 saturated carbocycles. The van der Waals surface area contributed by atoms with Crippen molar-refractivity contribution < 1.29 is 14.3 Å². The van der Waals surface area contributed by atoms with Gasteiger partial charge in [0, 0.05) is 29.7 Å². The van der Waals surface area contributed by atoms with E-state index in [1.165, 1.54) is 7.11 Å². The third kappa shape index (κ3) is 6.48. The summed E-state index contributed by atoms with van der Waals surface area (Å²) in [5.74, 6) is 1.22. The van der Waals surface area contributed by atoms with E-state index in [0.717, 1.165) is 28.9 Å². The Labute approximate surface area is 135 Å². The molecule has 0 radical (unpaired) electrons. The Morgan fingerprint density at radius 1 is 1.33 bits per heavy atom. The summed E-state index contributed by atoms with van der Waals surface area (Å²) in [6.07, 6.45) is 0.402. The molecule has 0 aliphatic carbocycles. The molecule has 0 aromatic heterocycles. The van der Waals surface area contributed by atoms with Gasteiger partial charge in [-0.15, -0.1) is 0 Å². The van der Waals surface area contributed by atoms with E-state index >= 15 is 0 Å². The summed E-state index contributed by atoms with van der Waals surface area (Å²) in [4.78, 5) is 13.6. The summed E-state index contributed by atoms with van der Waals surface area (Å²) in [7, 11) is 3.10. The summed E-state index contributed by atoms with van der Waals surface area (Å²) in [5, 5.41) is 0. The van der Waals surface area contributed by atoms with Crippen molar-refractivity contribution in [1.29, 1.82) is 0 Å². The third-order valence-electron chi connectivity index (χ3n) is 3.12. The minimum atomic E-state index is -0.176. The Kier molecular flexibility index (Phi) is 7.75. The lowest BCUT2D eigenvalue weighted by Gasteiger charge is -2.24. The van der Waals surface area contributed by atoms with Crippen LogP contribution in [0.2, 0.25) is 0 Å². The molecule has 5 heteroatoms. The lowest BCUT2D eigenvalue weighted by atomic mass is 10.1. The van der Waals surface area contributed by atoms with Crippen LogP contribution in [0.3, 0.4) is 0 Å². The van der Waals surface area contributed by atoms with Gasteiger partial charge in [0.05, 0.1) is 20.6 Å². The van der Waals surface area contributed by atoms with Crippen molar-refractivity contribution in [3.63, 3.8) is 0 Å². The van der Waals surface area contributed by atoms with Crippen LogP contribution in [0.15, 0.2) is 22.7 Å². The highest BCUT2D eigenvalue weighted by Crippen LogP contribution is 2.24. The van der Waals surface area contributed by atoms with Crippen LogP contribution in [0.5, 0.6) is 5.75 Å². The highest BCUT2D eigenvalue weighted by atomic mass is 79.9. The summed E-state index contributed by atoms with van der Waals surface area (Å²) in [6.45, 7) is 6.69. The van der Waals surface area contributed by atoms with Crippen molar-refractivity contribution in [2.45, 2.75) is 26.8 Å². The molecule has 0 aliphatic rings. The monoisotopic (exact) mass is 357 g/mol. The maximum Gasteiger partial charge on any atom is 0.306 e. The fourth-order valence-electron chi connectivity index (χ4n) is 2.21. The van der Waals surface area contributed by atoms with Gasteiger partial charge in [-0.2, -0.15) is 0 Å². The smallest absolute Gasteiger partial charge is 0.306 e. The Morgan fingerprint density at radius 3 is 2.62 bits per heavy atom. The Balaban J connectivity index is 2.79. The fourth-order valence-corrected chi connectivity index (χ4v) is 2.62. The summed E-state index contributed by atoms with van der Waals surface area (Å²) >= 11 is 3.49. The minimum absolute atomic E-state index is 0.176. The number of nitrogens with zero attached hydrogens (tertiary/aromatic N) is 1. The first kappa shape index (κ1) is 18.0. The second-order valence-electron chi connectivity index (χ2n) is 5.41. The molecule has 0 fully saturated rings. The SMILES string of the molecule is COC(=O)CCN(Cc1cc(Br)ccc1OC)CC(C)C. The number of ether oxygens (including phenoxy) is 2. The normalized spacial score (nSPS) is 11.0. The standard InChI is InChI=1S/C16H24BrNO3/c1-12(2)10-18(8-7-16(19)21-4)11-13-9-14(17)5-6-15(13)20-3/h5-6,9,12H,7-8,10-11H2,1-4H3. The Morgan fingerprint density at radius 2 is 2.05 bits per heavy atom. The van der Waals surface area contributed by atoms with Crippen molar-refractivity contribution in [3.05, 3.63) is 28.2 Å². The largest absolute Gasteiger partial charge is 0.496 e. The number of carbonyl (C=O) groups excluding carboxylic acids is 1. The summed E-state index contributed by atoms with van der Waals surface area (Å²) < 4.78 is 11.2. The van der Waals surface area contributed by atoms with Crippen LogP contribution >= 0.6 is 15.9 Å². The van der Waals surface area contributed by atoms with E-state index in [-0.39, 0.29) is 5.97 Å². The number of methoxy groups -OCH3 is 2. The van der Waals surface area contributed by atoms with Crippen molar-refractivity contribution in [1.82, 2.24) is 4.90 Å². The van der Waals surface area contributed by atoms with Crippen LogP contribution in [0, 0.1) is 5.92 Å². The highest BCUT2D eigenvalue weighted by Gasteiger charge is 2.13. The zero-order valence-electron chi connectivity index (χ0n) is 13.2. The molecule has 0 spiro atoms. The van der Waals surface area contributed by atoms with Crippen LogP contribution in [-0.4, -0.2) is 38.2 Å². The lowest BCUT2D eigenvalue weighted by molar-refractivity contribution is -0.141. The van der Waals surface area contributed by atoms with E-state index in [2.05, 4.69) is 40.7 Å². The molecular formula is C16H24BrNO3. The van der Waals surface area contributed by atoms with Crippen molar-refractivity contribution in [3.8, 4) is 5.75 Å². The number of benzene rings is 1. The Bertz CT molecular complexity index is 463. The molecule has 118 valence electrons. The van der Waals surface area contributed by atoms with Crippen LogP contribution < -0.4 is 4.74 Å². The van der Waals surface area contributed by atoms with Gasteiger partial charge in [0.15, 0.2) is 0 Å². The van der Waals surface area contributed by atoms with Gasteiger partial charge < -0.3 is 9.47 Å². The van der Waals surface area contributed by atoms with Crippen molar-refractivity contribution in [2.75, 3.05) is 27.3 Å². The molecule has 1 aromatic carbocycles. The predicted octanol–water partition coefficient (Wildman–Crippen LogP) is 3.48. The van der Waals surface area contributed by atoms with E-state index < -0.39 is 0 Å². The van der Waals surface area contributed by atoms with Gasteiger partial charge in [-0.25, -0.2) is 0 Å². The highest BCUT2D eigenvalue weighted by molar-refractivity contribution is 9.10. The molecule has 0 unspecified atom stereocenters. The average molecular weight is 358 g/mol. The molecule has 4 nitrogen and oxygen atoms in total. The molecule has 0 aliphatic heterocycles. The van der Waals surface area contributed by atoms with Gasteiger partial charge in [0.1, 0.15) is 5.75 Å². The van der Waals surface area contributed by atoms with E-state index in [9.17, 15) is 4.79 Å². The number of rotatable bonds is 8. The van der Waals surface area contributed by atoms with Gasteiger partial charge in [0.25, 0.3) is 0 Å². The molecular weight excluding hydrogens is 334 g/mol. The molecule has 21 heavy (non-hydrogen) atoms. The quantitative estimate of drug-likeness (QED) is 0.667. The van der Waals surface area contributed by atoms with E-state index in [1.807, 2.05) is 12.1 Å². The number of esters is 1. The fraction of sp³-hybridized carbons (Fsp3) is 0.562. The van der Waals surface area contributed by atoms with Gasteiger partial charge in [-0.3, -0.25) is 9.69 Å². The predicted molar refractivity (Wildman–Crippen MR) is 87.4 cm³/mol. The van der Waals surface area contributed by atoms with Gasteiger partial charge in [-0.1, -0.05) is 29.8 Å². The molecule has 0 amide bonds. The molecule has 0 N–H and O–H groups in total. The first-order valence-electron chi connectivity index (χ1n) is 7.07. The Hall–Kier alpha value is -1.07. The van der Waals surface area contributed by atoms with E-state index in [4.69, 9.17) is 9.47 Å². The second-order valence-corrected chi connectivity index (χ2v) is 6.33. The van der Waals surface area contributed by atoms with Crippen LogP contribution in [0.1, 0.15) is 25.8 Å². The topological polar surface area (TPSA) is 38.8 Å². The molecule has 1 rings (SSSR count). The molecule has 1 aromatic rings. The van der Waals surface area contributed by atoms with Crippen LogP contribution in [0.25, 0.3) is 0 Å². The maximum absolute atomic E-state index is 11.4. The van der Waals surface area contributed by atoms with Crippen molar-refractivity contribution >= 4 is 21.9 Å². The molecule has 0 bridgehead atoms. The third-order valence-corrected chi connectivity index (χ3v) is 3.61. The second kappa shape index (κ2) is 9.05. The first-order chi connectivity index (χ1) is 9.96. The molecule has 0 heterocycles. The van der Waals surface area contributed by atoms with E-state index in [1.54, 1.807) is 7.11 Å². The van der Waals surface area contributed by atoms with Crippen molar-refractivity contribution in [2.24, 2.45) is 5.92 Å². The molecule has 0 atom stereocenters. The lowest BCUT2D eigenvalue weighted by Crippen LogP contribution is -2.30. The van der Waals surface area contributed by atoms with Crippen LogP contribution in [0.4, 0.5) is 0 Å².